The molecule has 1 aliphatic rings. The van der Waals surface area contributed by atoms with Crippen LogP contribution in [0.2, 0.25) is 0 Å². The number of hydrogen-bond donors (Lipinski definition) is 0. The summed E-state index contributed by atoms with van der Waals surface area (Å²) in [5.41, 5.74) is 0.164. The molecule has 0 saturated heterocycles. The minimum Gasteiger partial charge on any atom is -0.367 e. The van der Waals surface area contributed by atoms with Crippen molar-refractivity contribution in [3.63, 3.8) is 0 Å². The van der Waals surface area contributed by atoms with Crippen LogP contribution in [0.3, 0.4) is 0 Å². The van der Waals surface area contributed by atoms with E-state index in [1.165, 1.54) is 0 Å². The Morgan fingerprint density at radius 1 is 1.39 bits per heavy atom. The van der Waals surface area contributed by atoms with Gasteiger partial charge < -0.3 is 4.74 Å². The fourth-order valence-corrected chi connectivity index (χ4v) is 2.57. The normalized spacial score (nSPS) is 28.0. The predicted octanol–water partition coefficient (Wildman–Crippen LogP) is 2.73. The summed E-state index contributed by atoms with van der Waals surface area (Å²) in [6.45, 7) is 4.93. The number of carbonyl (C=O) groups is 1. The Labute approximate surface area is 108 Å². The van der Waals surface area contributed by atoms with E-state index < -0.39 is 0 Å². The first-order chi connectivity index (χ1) is 8.70. The van der Waals surface area contributed by atoms with Gasteiger partial charge in [0.15, 0.2) is 12.1 Å². The lowest BCUT2D eigenvalue weighted by Crippen LogP contribution is -2.36. The minimum absolute atomic E-state index is 0.345. The molecule has 2 rings (SSSR count). The van der Waals surface area contributed by atoms with Crippen molar-refractivity contribution in [2.45, 2.75) is 45.1 Å². The van der Waals surface area contributed by atoms with Gasteiger partial charge in [-0.15, -0.1) is 0 Å². The number of aromatic nitrogens is 2. The van der Waals surface area contributed by atoms with Crippen molar-refractivity contribution >= 4 is 6.29 Å². The zero-order valence-corrected chi connectivity index (χ0v) is 11.1. The van der Waals surface area contributed by atoms with E-state index in [-0.39, 0.29) is 5.60 Å². The molecule has 1 aromatic rings. The van der Waals surface area contributed by atoms with Gasteiger partial charge in [-0.3, -0.25) is 4.79 Å². The maximum atomic E-state index is 10.6. The molecule has 0 unspecified atom stereocenters. The highest BCUT2D eigenvalue weighted by atomic mass is 16.5. The Hall–Kier alpha value is -1.29. The van der Waals surface area contributed by atoms with Gasteiger partial charge in [0, 0.05) is 19.0 Å². The van der Waals surface area contributed by atoms with Crippen LogP contribution in [0.4, 0.5) is 0 Å². The average Bonchev–Trinajstić information content (AvgIpc) is 2.42. The van der Waals surface area contributed by atoms with Gasteiger partial charge in [0.1, 0.15) is 5.60 Å². The molecule has 0 spiro atoms. The first kappa shape index (κ1) is 13.1. The molecule has 0 aromatic carbocycles. The predicted molar refractivity (Wildman–Crippen MR) is 68.4 cm³/mol. The molecule has 0 radical (unpaired) electrons. The Kier molecular flexibility index (Phi) is 4.07. The highest BCUT2D eigenvalue weighted by Crippen LogP contribution is 2.40. The molecule has 1 aliphatic carbocycles. The van der Waals surface area contributed by atoms with Crippen molar-refractivity contribution in [2.24, 2.45) is 5.92 Å². The molecule has 98 valence electrons. The Bertz CT molecular complexity index is 395. The molecule has 1 saturated carbocycles. The van der Waals surface area contributed by atoms with Crippen LogP contribution >= 0.6 is 0 Å². The van der Waals surface area contributed by atoms with Crippen molar-refractivity contribution < 1.29 is 9.53 Å². The number of nitrogens with zero attached hydrogens (tertiary/aromatic N) is 2. The van der Waals surface area contributed by atoms with Crippen molar-refractivity contribution in [1.82, 2.24) is 9.97 Å². The topological polar surface area (TPSA) is 52.1 Å². The van der Waals surface area contributed by atoms with Crippen molar-refractivity contribution in [3.05, 3.63) is 23.8 Å². The Morgan fingerprint density at radius 2 is 2.00 bits per heavy atom. The van der Waals surface area contributed by atoms with Gasteiger partial charge in [0.05, 0.1) is 5.56 Å². The van der Waals surface area contributed by atoms with Crippen LogP contribution in [-0.4, -0.2) is 22.9 Å². The molecular weight excluding hydrogens is 228 g/mol. The average molecular weight is 248 g/mol. The third kappa shape index (κ3) is 2.58. The minimum atomic E-state index is -0.345. The molecular formula is C14H20N2O2. The van der Waals surface area contributed by atoms with Crippen molar-refractivity contribution in [3.8, 4) is 0 Å². The number of aldehydes is 1. The number of carbonyl (C=O) groups excluding carboxylic acids is 1. The van der Waals surface area contributed by atoms with Crippen LogP contribution in [0.5, 0.6) is 0 Å². The van der Waals surface area contributed by atoms with E-state index >= 15 is 0 Å². The van der Waals surface area contributed by atoms with E-state index in [1.54, 1.807) is 12.4 Å². The molecule has 0 amide bonds. The summed E-state index contributed by atoms with van der Waals surface area (Å²) in [6, 6.07) is 0. The molecule has 0 atom stereocenters. The van der Waals surface area contributed by atoms with Crippen molar-refractivity contribution in [1.29, 1.82) is 0 Å². The van der Waals surface area contributed by atoms with E-state index in [0.29, 0.717) is 12.2 Å². The molecule has 4 heteroatoms. The lowest BCUT2D eigenvalue weighted by Gasteiger charge is -2.37. The van der Waals surface area contributed by atoms with Crippen LogP contribution in [-0.2, 0) is 10.3 Å². The monoisotopic (exact) mass is 248 g/mol. The summed E-state index contributed by atoms with van der Waals surface area (Å²) in [6.07, 6.45) is 8.12. The second-order valence-electron chi connectivity index (χ2n) is 5.07. The first-order valence-corrected chi connectivity index (χ1v) is 6.62. The van der Waals surface area contributed by atoms with Gasteiger partial charge in [-0.25, -0.2) is 9.97 Å². The van der Waals surface area contributed by atoms with Crippen LogP contribution in [0.1, 0.15) is 55.7 Å². The van der Waals surface area contributed by atoms with Gasteiger partial charge >= 0.3 is 0 Å². The van der Waals surface area contributed by atoms with Crippen LogP contribution in [0, 0.1) is 5.92 Å². The van der Waals surface area contributed by atoms with E-state index in [2.05, 4.69) is 16.9 Å². The third-order valence-corrected chi connectivity index (χ3v) is 3.72. The van der Waals surface area contributed by atoms with E-state index in [9.17, 15) is 4.79 Å². The van der Waals surface area contributed by atoms with Crippen LogP contribution in [0.15, 0.2) is 12.4 Å². The highest BCUT2D eigenvalue weighted by molar-refractivity contribution is 5.73. The zero-order chi connectivity index (χ0) is 13.0. The third-order valence-electron chi connectivity index (χ3n) is 3.72. The van der Waals surface area contributed by atoms with Gasteiger partial charge in [0.2, 0.25) is 0 Å². The van der Waals surface area contributed by atoms with Crippen LogP contribution in [0.25, 0.3) is 0 Å². The number of rotatable bonds is 4. The maximum absolute atomic E-state index is 10.6. The smallest absolute Gasteiger partial charge is 0.160 e. The standard InChI is InChI=1S/C14H20N2O2/c1-3-18-14(6-4-11(2)5-7-14)13-15-8-12(10-17)9-16-13/h8-11H,3-7H2,1-2H3. The Morgan fingerprint density at radius 3 is 2.50 bits per heavy atom. The molecule has 4 nitrogen and oxygen atoms in total. The summed E-state index contributed by atoms with van der Waals surface area (Å²) in [5.74, 6) is 1.47. The Balaban J connectivity index is 2.25. The fraction of sp³-hybridized carbons (Fsp3) is 0.643. The summed E-state index contributed by atoms with van der Waals surface area (Å²) in [7, 11) is 0. The molecule has 0 N–H and O–H groups in total. The number of ether oxygens (including phenoxy) is 1. The molecule has 18 heavy (non-hydrogen) atoms. The van der Waals surface area contributed by atoms with Crippen LogP contribution < -0.4 is 0 Å². The lowest BCUT2D eigenvalue weighted by atomic mass is 9.79. The van der Waals surface area contributed by atoms with Gasteiger partial charge in [0.25, 0.3) is 0 Å². The molecule has 1 fully saturated rings. The lowest BCUT2D eigenvalue weighted by molar-refractivity contribution is -0.0837. The second-order valence-corrected chi connectivity index (χ2v) is 5.07. The van der Waals surface area contributed by atoms with Gasteiger partial charge in [-0.1, -0.05) is 6.92 Å². The SMILES string of the molecule is CCOC1(c2ncc(C=O)cn2)CCC(C)CC1. The summed E-state index contributed by atoms with van der Waals surface area (Å²) in [4.78, 5) is 19.3. The summed E-state index contributed by atoms with van der Waals surface area (Å²) < 4.78 is 5.96. The van der Waals surface area contributed by atoms with Crippen molar-refractivity contribution in [2.75, 3.05) is 6.61 Å². The van der Waals surface area contributed by atoms with Gasteiger partial charge in [-0.2, -0.15) is 0 Å². The highest BCUT2D eigenvalue weighted by Gasteiger charge is 2.39. The molecule has 1 heterocycles. The maximum Gasteiger partial charge on any atom is 0.160 e. The largest absolute Gasteiger partial charge is 0.367 e. The first-order valence-electron chi connectivity index (χ1n) is 6.62. The van der Waals surface area contributed by atoms with E-state index in [0.717, 1.165) is 43.7 Å². The van der Waals surface area contributed by atoms with Gasteiger partial charge in [-0.05, 0) is 38.5 Å². The fourth-order valence-electron chi connectivity index (χ4n) is 2.57. The zero-order valence-electron chi connectivity index (χ0n) is 11.1. The summed E-state index contributed by atoms with van der Waals surface area (Å²) in [5, 5.41) is 0. The molecule has 0 bridgehead atoms. The second kappa shape index (κ2) is 5.57. The van der Waals surface area contributed by atoms with E-state index in [1.807, 2.05) is 6.92 Å². The molecule has 1 aromatic heterocycles. The van der Waals surface area contributed by atoms with E-state index in [4.69, 9.17) is 4.74 Å². The number of hydrogen-bond acceptors (Lipinski definition) is 4. The molecule has 0 aliphatic heterocycles. The summed E-state index contributed by atoms with van der Waals surface area (Å²) >= 11 is 0. The quantitative estimate of drug-likeness (QED) is 0.769.